The van der Waals surface area contributed by atoms with E-state index in [9.17, 15) is 0 Å². The summed E-state index contributed by atoms with van der Waals surface area (Å²) in [5.74, 6) is 0. The van der Waals surface area contributed by atoms with Crippen molar-refractivity contribution in [2.24, 2.45) is 5.73 Å². The van der Waals surface area contributed by atoms with Crippen LogP contribution in [-0.2, 0) is 6.42 Å². The van der Waals surface area contributed by atoms with Gasteiger partial charge in [0.1, 0.15) is 0 Å². The third kappa shape index (κ3) is 5.19. The summed E-state index contributed by atoms with van der Waals surface area (Å²) >= 11 is 0. The Morgan fingerprint density at radius 1 is 1.06 bits per heavy atom. The molecular formula is C16H28N2. The third-order valence-corrected chi connectivity index (χ3v) is 3.54. The molecule has 1 aromatic rings. The van der Waals surface area contributed by atoms with Crippen LogP contribution in [0, 0.1) is 20.8 Å². The van der Waals surface area contributed by atoms with E-state index in [1.54, 1.807) is 0 Å². The lowest BCUT2D eigenvalue weighted by Gasteiger charge is -2.11. The van der Waals surface area contributed by atoms with Gasteiger partial charge in [-0.1, -0.05) is 12.1 Å². The number of benzene rings is 1. The highest BCUT2D eigenvalue weighted by Crippen LogP contribution is 2.15. The predicted molar refractivity (Wildman–Crippen MR) is 80.1 cm³/mol. The standard InChI is InChI=1S/C16H28N2/c1-12-10-14(3)16(11-13(12)2)7-9-18-8-5-6-15(4)17/h10-11,15,18H,5-9,17H2,1-4H3. The summed E-state index contributed by atoms with van der Waals surface area (Å²) in [6.45, 7) is 10.8. The predicted octanol–water partition coefficient (Wildman–Crippen LogP) is 2.87. The Kier molecular flexibility index (Phi) is 6.37. The molecule has 0 amide bonds. The summed E-state index contributed by atoms with van der Waals surface area (Å²) in [5, 5.41) is 3.49. The van der Waals surface area contributed by atoms with Gasteiger partial charge in [0, 0.05) is 6.04 Å². The molecule has 2 heteroatoms. The van der Waals surface area contributed by atoms with E-state index in [4.69, 9.17) is 5.73 Å². The molecule has 1 aromatic carbocycles. The summed E-state index contributed by atoms with van der Waals surface area (Å²) in [6.07, 6.45) is 3.39. The highest BCUT2D eigenvalue weighted by atomic mass is 14.8. The molecular weight excluding hydrogens is 220 g/mol. The van der Waals surface area contributed by atoms with Crippen molar-refractivity contribution in [3.63, 3.8) is 0 Å². The van der Waals surface area contributed by atoms with Gasteiger partial charge in [-0.15, -0.1) is 0 Å². The van der Waals surface area contributed by atoms with Gasteiger partial charge in [-0.05, 0) is 82.3 Å². The molecule has 0 aliphatic carbocycles. The van der Waals surface area contributed by atoms with Gasteiger partial charge in [0.05, 0.1) is 0 Å². The molecule has 0 saturated carbocycles. The van der Waals surface area contributed by atoms with Crippen LogP contribution in [0.1, 0.15) is 42.0 Å². The molecule has 1 atom stereocenters. The first-order valence-electron chi connectivity index (χ1n) is 7.03. The first-order chi connectivity index (χ1) is 8.50. The molecule has 0 heterocycles. The van der Waals surface area contributed by atoms with Crippen molar-refractivity contribution in [1.82, 2.24) is 5.32 Å². The van der Waals surface area contributed by atoms with E-state index in [-0.39, 0.29) is 0 Å². The van der Waals surface area contributed by atoms with Gasteiger partial charge in [0.15, 0.2) is 0 Å². The van der Waals surface area contributed by atoms with Gasteiger partial charge in [-0.25, -0.2) is 0 Å². The molecule has 3 N–H and O–H groups in total. The van der Waals surface area contributed by atoms with E-state index in [1.165, 1.54) is 28.7 Å². The molecule has 0 radical (unpaired) electrons. The van der Waals surface area contributed by atoms with Crippen LogP contribution in [-0.4, -0.2) is 19.1 Å². The molecule has 0 aliphatic heterocycles. The SMILES string of the molecule is Cc1cc(C)c(CCNCCCC(C)N)cc1C. The van der Waals surface area contributed by atoms with Crippen LogP contribution in [0.25, 0.3) is 0 Å². The molecule has 0 spiro atoms. The Morgan fingerprint density at radius 2 is 1.72 bits per heavy atom. The van der Waals surface area contributed by atoms with Gasteiger partial charge < -0.3 is 11.1 Å². The fourth-order valence-electron chi connectivity index (χ4n) is 2.19. The fraction of sp³-hybridized carbons (Fsp3) is 0.625. The van der Waals surface area contributed by atoms with Crippen LogP contribution in [0.4, 0.5) is 0 Å². The number of nitrogens with one attached hydrogen (secondary N) is 1. The Balaban J connectivity index is 2.29. The van der Waals surface area contributed by atoms with Gasteiger partial charge in [0.2, 0.25) is 0 Å². The first kappa shape index (κ1) is 15.2. The van der Waals surface area contributed by atoms with Crippen LogP contribution >= 0.6 is 0 Å². The summed E-state index contributed by atoms with van der Waals surface area (Å²) < 4.78 is 0. The highest BCUT2D eigenvalue weighted by Gasteiger charge is 2.01. The Morgan fingerprint density at radius 3 is 2.39 bits per heavy atom. The maximum absolute atomic E-state index is 5.72. The van der Waals surface area contributed by atoms with Crippen molar-refractivity contribution in [3.05, 3.63) is 34.4 Å². The van der Waals surface area contributed by atoms with Gasteiger partial charge in [-0.2, -0.15) is 0 Å². The van der Waals surface area contributed by atoms with Crippen molar-refractivity contribution < 1.29 is 0 Å². The number of rotatable bonds is 7. The van der Waals surface area contributed by atoms with E-state index < -0.39 is 0 Å². The van der Waals surface area contributed by atoms with E-state index >= 15 is 0 Å². The lowest BCUT2D eigenvalue weighted by atomic mass is 9.99. The molecule has 102 valence electrons. The number of hydrogen-bond donors (Lipinski definition) is 2. The second kappa shape index (κ2) is 7.55. The monoisotopic (exact) mass is 248 g/mol. The molecule has 18 heavy (non-hydrogen) atoms. The third-order valence-electron chi connectivity index (χ3n) is 3.54. The van der Waals surface area contributed by atoms with E-state index in [1.807, 2.05) is 0 Å². The summed E-state index contributed by atoms with van der Waals surface area (Å²) in [6, 6.07) is 4.95. The molecule has 0 bridgehead atoms. The van der Waals surface area contributed by atoms with Gasteiger partial charge in [-0.3, -0.25) is 0 Å². The van der Waals surface area contributed by atoms with Crippen LogP contribution in [0.15, 0.2) is 12.1 Å². The minimum Gasteiger partial charge on any atom is -0.328 e. The van der Waals surface area contributed by atoms with Crippen LogP contribution in [0.5, 0.6) is 0 Å². The summed E-state index contributed by atoms with van der Waals surface area (Å²) in [5.41, 5.74) is 11.4. The smallest absolute Gasteiger partial charge is 0.00109 e. The van der Waals surface area contributed by atoms with Crippen molar-refractivity contribution in [3.8, 4) is 0 Å². The van der Waals surface area contributed by atoms with Crippen molar-refractivity contribution in [2.45, 2.75) is 53.0 Å². The first-order valence-corrected chi connectivity index (χ1v) is 7.03. The zero-order valence-electron chi connectivity index (χ0n) is 12.3. The molecule has 1 rings (SSSR count). The van der Waals surface area contributed by atoms with Gasteiger partial charge >= 0.3 is 0 Å². The second-order valence-corrected chi connectivity index (χ2v) is 5.48. The normalized spacial score (nSPS) is 12.7. The lowest BCUT2D eigenvalue weighted by molar-refractivity contribution is 0.575. The maximum Gasteiger partial charge on any atom is 0.00109 e. The Labute approximate surface area is 112 Å². The quantitative estimate of drug-likeness (QED) is 0.728. The molecule has 2 nitrogen and oxygen atoms in total. The van der Waals surface area contributed by atoms with Crippen molar-refractivity contribution in [2.75, 3.05) is 13.1 Å². The van der Waals surface area contributed by atoms with Crippen molar-refractivity contribution in [1.29, 1.82) is 0 Å². The van der Waals surface area contributed by atoms with Crippen molar-refractivity contribution >= 4 is 0 Å². The van der Waals surface area contributed by atoms with E-state index in [0.29, 0.717) is 6.04 Å². The Hall–Kier alpha value is -0.860. The van der Waals surface area contributed by atoms with Gasteiger partial charge in [0.25, 0.3) is 0 Å². The van der Waals surface area contributed by atoms with E-state index in [2.05, 4.69) is 45.1 Å². The minimum atomic E-state index is 0.328. The second-order valence-electron chi connectivity index (χ2n) is 5.48. The molecule has 0 fully saturated rings. The largest absolute Gasteiger partial charge is 0.328 e. The average Bonchev–Trinajstić information content (AvgIpc) is 2.29. The number of aryl methyl sites for hydroxylation is 3. The molecule has 0 saturated heterocycles. The molecule has 1 unspecified atom stereocenters. The topological polar surface area (TPSA) is 38.0 Å². The lowest BCUT2D eigenvalue weighted by Crippen LogP contribution is -2.22. The molecule has 0 aromatic heterocycles. The number of hydrogen-bond acceptors (Lipinski definition) is 2. The average molecular weight is 248 g/mol. The summed E-state index contributed by atoms with van der Waals surface area (Å²) in [4.78, 5) is 0. The Bertz CT molecular complexity index is 370. The summed E-state index contributed by atoms with van der Waals surface area (Å²) in [7, 11) is 0. The highest BCUT2D eigenvalue weighted by molar-refractivity contribution is 5.36. The van der Waals surface area contributed by atoms with E-state index in [0.717, 1.165) is 25.9 Å². The van der Waals surface area contributed by atoms with Crippen LogP contribution in [0.3, 0.4) is 0 Å². The minimum absolute atomic E-state index is 0.328. The van der Waals surface area contributed by atoms with Crippen LogP contribution in [0.2, 0.25) is 0 Å². The van der Waals surface area contributed by atoms with Crippen LogP contribution < -0.4 is 11.1 Å². The maximum atomic E-state index is 5.72. The zero-order chi connectivity index (χ0) is 13.5. The fourth-order valence-corrected chi connectivity index (χ4v) is 2.19. The zero-order valence-corrected chi connectivity index (χ0v) is 12.3. The number of nitrogens with two attached hydrogens (primary N) is 1. The molecule has 0 aliphatic rings.